The van der Waals surface area contributed by atoms with Crippen molar-refractivity contribution in [1.82, 2.24) is 0 Å². The Hall–Kier alpha value is -1.60. The molecule has 0 aromatic heterocycles. The van der Waals surface area contributed by atoms with Crippen molar-refractivity contribution in [2.45, 2.75) is 12.8 Å². The molecule has 0 bridgehead atoms. The Morgan fingerprint density at radius 3 is 2.72 bits per heavy atom. The normalized spacial score (nSPS) is 16.6. The fourth-order valence-corrected chi connectivity index (χ4v) is 2.38. The fourth-order valence-electron chi connectivity index (χ4n) is 2.38. The summed E-state index contributed by atoms with van der Waals surface area (Å²) in [7, 11) is 1.72. The molecular formula is C14H17FN2O. The highest BCUT2D eigenvalue weighted by molar-refractivity contribution is 5.50. The first-order valence-corrected chi connectivity index (χ1v) is 6.18. The molecule has 0 amide bonds. The highest BCUT2D eigenvalue weighted by Crippen LogP contribution is 2.24. The van der Waals surface area contributed by atoms with Crippen molar-refractivity contribution >= 4 is 5.69 Å². The van der Waals surface area contributed by atoms with Crippen molar-refractivity contribution in [3.8, 4) is 6.07 Å². The third kappa shape index (κ3) is 2.80. The maximum atomic E-state index is 13.5. The molecule has 1 aliphatic rings. The Kier molecular flexibility index (Phi) is 4.16. The number of piperidine rings is 1. The van der Waals surface area contributed by atoms with E-state index >= 15 is 0 Å². The third-order valence-electron chi connectivity index (χ3n) is 3.46. The van der Waals surface area contributed by atoms with Gasteiger partial charge in [0.05, 0.1) is 5.56 Å². The molecule has 1 aromatic rings. The fraction of sp³-hybridized carbons (Fsp3) is 0.500. The van der Waals surface area contributed by atoms with Crippen LogP contribution in [-0.2, 0) is 4.74 Å². The Morgan fingerprint density at radius 1 is 1.44 bits per heavy atom. The topological polar surface area (TPSA) is 36.3 Å². The Labute approximate surface area is 107 Å². The van der Waals surface area contributed by atoms with Crippen molar-refractivity contribution in [3.63, 3.8) is 0 Å². The minimum atomic E-state index is -0.436. The minimum absolute atomic E-state index is 0.105. The van der Waals surface area contributed by atoms with Crippen LogP contribution in [-0.4, -0.2) is 26.8 Å². The van der Waals surface area contributed by atoms with E-state index in [0.29, 0.717) is 5.92 Å². The maximum absolute atomic E-state index is 13.5. The second-order valence-corrected chi connectivity index (χ2v) is 4.66. The molecule has 0 saturated carbocycles. The van der Waals surface area contributed by atoms with Gasteiger partial charge in [0.2, 0.25) is 0 Å². The van der Waals surface area contributed by atoms with Crippen molar-refractivity contribution in [1.29, 1.82) is 5.26 Å². The predicted octanol–water partition coefficient (Wildman–Crippen LogP) is 2.56. The van der Waals surface area contributed by atoms with Gasteiger partial charge in [-0.25, -0.2) is 4.39 Å². The summed E-state index contributed by atoms with van der Waals surface area (Å²) >= 11 is 0. The number of benzene rings is 1. The molecule has 0 unspecified atom stereocenters. The van der Waals surface area contributed by atoms with Crippen LogP contribution in [0.15, 0.2) is 18.2 Å². The number of nitrogens with zero attached hydrogens (tertiary/aromatic N) is 2. The average molecular weight is 248 g/mol. The van der Waals surface area contributed by atoms with Crippen molar-refractivity contribution in [2.75, 3.05) is 31.7 Å². The molecule has 0 radical (unpaired) electrons. The van der Waals surface area contributed by atoms with Gasteiger partial charge in [0.25, 0.3) is 0 Å². The molecule has 1 aliphatic heterocycles. The highest BCUT2D eigenvalue weighted by atomic mass is 19.1. The Morgan fingerprint density at radius 2 is 2.17 bits per heavy atom. The van der Waals surface area contributed by atoms with E-state index in [4.69, 9.17) is 10.00 Å². The van der Waals surface area contributed by atoms with Gasteiger partial charge in [-0.05, 0) is 37.0 Å². The van der Waals surface area contributed by atoms with Crippen LogP contribution >= 0.6 is 0 Å². The molecule has 1 aromatic carbocycles. The lowest BCUT2D eigenvalue weighted by atomic mass is 9.97. The summed E-state index contributed by atoms with van der Waals surface area (Å²) in [6.07, 6.45) is 2.13. The van der Waals surface area contributed by atoms with Crippen LogP contribution in [0.1, 0.15) is 18.4 Å². The number of rotatable bonds is 3. The molecule has 3 nitrogen and oxygen atoms in total. The zero-order valence-corrected chi connectivity index (χ0v) is 10.5. The zero-order valence-electron chi connectivity index (χ0n) is 10.5. The number of hydrogen-bond acceptors (Lipinski definition) is 3. The second kappa shape index (κ2) is 5.83. The SMILES string of the molecule is COCC1CCN(c2ccc(C#N)c(F)c2)CC1. The highest BCUT2D eigenvalue weighted by Gasteiger charge is 2.19. The van der Waals surface area contributed by atoms with E-state index in [0.717, 1.165) is 38.2 Å². The van der Waals surface area contributed by atoms with Crippen LogP contribution in [0.5, 0.6) is 0 Å². The van der Waals surface area contributed by atoms with Gasteiger partial charge in [-0.15, -0.1) is 0 Å². The van der Waals surface area contributed by atoms with Gasteiger partial charge in [-0.2, -0.15) is 5.26 Å². The quantitative estimate of drug-likeness (QED) is 0.824. The first-order valence-electron chi connectivity index (χ1n) is 6.18. The summed E-state index contributed by atoms with van der Waals surface area (Å²) in [5.74, 6) is 0.170. The first-order chi connectivity index (χ1) is 8.74. The van der Waals surface area contributed by atoms with Crippen LogP contribution in [0.3, 0.4) is 0 Å². The van der Waals surface area contributed by atoms with Crippen LogP contribution in [0.25, 0.3) is 0 Å². The first kappa shape index (κ1) is 12.8. The van der Waals surface area contributed by atoms with Gasteiger partial charge >= 0.3 is 0 Å². The summed E-state index contributed by atoms with van der Waals surface area (Å²) < 4.78 is 18.7. The number of methoxy groups -OCH3 is 1. The molecule has 18 heavy (non-hydrogen) atoms. The van der Waals surface area contributed by atoms with Gasteiger partial charge in [-0.3, -0.25) is 0 Å². The Bertz CT molecular complexity index is 448. The molecule has 0 spiro atoms. The van der Waals surface area contributed by atoms with E-state index in [1.807, 2.05) is 12.1 Å². The largest absolute Gasteiger partial charge is 0.384 e. The number of halogens is 1. The standard InChI is InChI=1S/C14H17FN2O/c1-18-10-11-4-6-17(7-5-11)13-3-2-12(9-16)14(15)8-13/h2-3,8,11H,4-7,10H2,1H3. The molecule has 4 heteroatoms. The van der Waals surface area contributed by atoms with Crippen LogP contribution in [0.4, 0.5) is 10.1 Å². The summed E-state index contributed by atoms with van der Waals surface area (Å²) in [5, 5.41) is 8.70. The van der Waals surface area contributed by atoms with Crippen molar-refractivity contribution in [2.24, 2.45) is 5.92 Å². The summed E-state index contributed by atoms with van der Waals surface area (Å²) in [5.41, 5.74) is 0.968. The van der Waals surface area contributed by atoms with E-state index in [-0.39, 0.29) is 5.56 Å². The molecule has 0 aliphatic carbocycles. The molecule has 0 N–H and O–H groups in total. The number of hydrogen-bond donors (Lipinski definition) is 0. The van der Waals surface area contributed by atoms with Crippen LogP contribution < -0.4 is 4.90 Å². The summed E-state index contributed by atoms with van der Waals surface area (Å²) in [4.78, 5) is 2.16. The van der Waals surface area contributed by atoms with E-state index in [9.17, 15) is 4.39 Å². The summed E-state index contributed by atoms with van der Waals surface area (Å²) in [6.45, 7) is 2.63. The van der Waals surface area contributed by atoms with E-state index in [1.54, 1.807) is 13.2 Å². The molecule has 0 atom stereocenters. The average Bonchev–Trinajstić information content (AvgIpc) is 2.40. The lowest BCUT2D eigenvalue weighted by Gasteiger charge is -2.33. The molecule has 1 saturated heterocycles. The second-order valence-electron chi connectivity index (χ2n) is 4.66. The number of ether oxygens (including phenoxy) is 1. The minimum Gasteiger partial charge on any atom is -0.384 e. The molecule has 1 heterocycles. The molecule has 96 valence electrons. The number of anilines is 1. The Balaban J connectivity index is 2.02. The van der Waals surface area contributed by atoms with Gasteiger partial charge < -0.3 is 9.64 Å². The van der Waals surface area contributed by atoms with Crippen LogP contribution in [0, 0.1) is 23.1 Å². The molecule has 1 fully saturated rings. The smallest absolute Gasteiger partial charge is 0.143 e. The van der Waals surface area contributed by atoms with Crippen molar-refractivity contribution in [3.05, 3.63) is 29.6 Å². The van der Waals surface area contributed by atoms with E-state index < -0.39 is 5.82 Å². The van der Waals surface area contributed by atoms with E-state index in [1.165, 1.54) is 6.07 Å². The number of nitriles is 1. The molecule has 2 rings (SSSR count). The predicted molar refractivity (Wildman–Crippen MR) is 67.9 cm³/mol. The van der Waals surface area contributed by atoms with Gasteiger partial charge in [0.1, 0.15) is 11.9 Å². The van der Waals surface area contributed by atoms with Gasteiger partial charge in [0, 0.05) is 32.5 Å². The maximum Gasteiger partial charge on any atom is 0.143 e. The van der Waals surface area contributed by atoms with Crippen LogP contribution in [0.2, 0.25) is 0 Å². The summed E-state index contributed by atoms with van der Waals surface area (Å²) in [6, 6.07) is 6.66. The lowest BCUT2D eigenvalue weighted by Crippen LogP contribution is -2.35. The monoisotopic (exact) mass is 248 g/mol. The third-order valence-corrected chi connectivity index (χ3v) is 3.46. The molecular weight excluding hydrogens is 231 g/mol. The zero-order chi connectivity index (χ0) is 13.0. The van der Waals surface area contributed by atoms with Gasteiger partial charge in [-0.1, -0.05) is 0 Å². The van der Waals surface area contributed by atoms with Gasteiger partial charge in [0.15, 0.2) is 0 Å². The van der Waals surface area contributed by atoms with Crippen molar-refractivity contribution < 1.29 is 9.13 Å². The lowest BCUT2D eigenvalue weighted by molar-refractivity contribution is 0.139. The van der Waals surface area contributed by atoms with E-state index in [2.05, 4.69) is 4.90 Å².